The summed E-state index contributed by atoms with van der Waals surface area (Å²) in [5, 5.41) is 9.83. The molecule has 54 valence electrons. The van der Waals surface area contributed by atoms with Crippen LogP contribution in [0.15, 0.2) is 12.3 Å². The van der Waals surface area contributed by atoms with Crippen molar-refractivity contribution in [2.45, 2.75) is 6.23 Å². The molecule has 0 amide bonds. The SMILES string of the molecule is c1cc(C2NCCO2)[nH]n1. The van der Waals surface area contributed by atoms with Gasteiger partial charge in [0.2, 0.25) is 0 Å². The summed E-state index contributed by atoms with van der Waals surface area (Å²) in [5.74, 6) is 0. The monoisotopic (exact) mass is 139 g/mol. The van der Waals surface area contributed by atoms with Crippen molar-refractivity contribution >= 4 is 0 Å². The predicted molar refractivity (Wildman–Crippen MR) is 35.3 cm³/mol. The summed E-state index contributed by atoms with van der Waals surface area (Å²) in [5.41, 5.74) is 0.998. The van der Waals surface area contributed by atoms with E-state index in [0.717, 1.165) is 18.8 Å². The highest BCUT2D eigenvalue weighted by Crippen LogP contribution is 2.13. The van der Waals surface area contributed by atoms with Gasteiger partial charge in [0.25, 0.3) is 0 Å². The second-order valence-electron chi connectivity index (χ2n) is 2.22. The molecule has 1 aromatic heterocycles. The van der Waals surface area contributed by atoms with Crippen molar-refractivity contribution in [1.29, 1.82) is 0 Å². The zero-order chi connectivity index (χ0) is 6.81. The molecule has 0 bridgehead atoms. The van der Waals surface area contributed by atoms with Gasteiger partial charge in [-0.3, -0.25) is 10.4 Å². The van der Waals surface area contributed by atoms with Crippen LogP contribution in [0.4, 0.5) is 0 Å². The first-order valence-electron chi connectivity index (χ1n) is 3.31. The average Bonchev–Trinajstić information content (AvgIpc) is 2.59. The van der Waals surface area contributed by atoms with Gasteiger partial charge in [-0.15, -0.1) is 0 Å². The molecule has 1 aliphatic rings. The number of nitrogens with zero attached hydrogens (tertiary/aromatic N) is 1. The van der Waals surface area contributed by atoms with Crippen LogP contribution in [0.2, 0.25) is 0 Å². The second-order valence-corrected chi connectivity index (χ2v) is 2.22. The van der Waals surface area contributed by atoms with Crippen LogP contribution in [-0.2, 0) is 4.74 Å². The molecule has 1 saturated heterocycles. The van der Waals surface area contributed by atoms with Crippen LogP contribution in [0.1, 0.15) is 11.9 Å². The van der Waals surface area contributed by atoms with Crippen LogP contribution in [0, 0.1) is 0 Å². The number of hydrogen-bond acceptors (Lipinski definition) is 3. The molecule has 1 unspecified atom stereocenters. The van der Waals surface area contributed by atoms with Crippen molar-refractivity contribution in [3.05, 3.63) is 18.0 Å². The van der Waals surface area contributed by atoms with Gasteiger partial charge in [0.1, 0.15) is 0 Å². The van der Waals surface area contributed by atoms with E-state index >= 15 is 0 Å². The third-order valence-electron chi connectivity index (χ3n) is 1.52. The third-order valence-corrected chi connectivity index (χ3v) is 1.52. The minimum absolute atomic E-state index is 0.0301. The quantitative estimate of drug-likeness (QED) is 0.577. The van der Waals surface area contributed by atoms with Gasteiger partial charge < -0.3 is 4.74 Å². The van der Waals surface area contributed by atoms with E-state index in [4.69, 9.17) is 4.74 Å². The first kappa shape index (κ1) is 5.88. The van der Waals surface area contributed by atoms with E-state index in [1.807, 2.05) is 6.07 Å². The van der Waals surface area contributed by atoms with Crippen molar-refractivity contribution in [2.24, 2.45) is 0 Å². The van der Waals surface area contributed by atoms with Gasteiger partial charge in [0.05, 0.1) is 12.3 Å². The molecule has 0 aromatic carbocycles. The molecule has 0 aliphatic carbocycles. The van der Waals surface area contributed by atoms with Crippen LogP contribution in [0.3, 0.4) is 0 Å². The Kier molecular flexibility index (Phi) is 1.41. The largest absolute Gasteiger partial charge is 0.356 e. The summed E-state index contributed by atoms with van der Waals surface area (Å²) in [4.78, 5) is 0. The summed E-state index contributed by atoms with van der Waals surface area (Å²) < 4.78 is 5.31. The molecule has 1 aliphatic heterocycles. The Bertz CT molecular complexity index is 191. The number of aromatic nitrogens is 2. The van der Waals surface area contributed by atoms with Gasteiger partial charge in [0.15, 0.2) is 6.23 Å². The Labute approximate surface area is 58.6 Å². The van der Waals surface area contributed by atoms with E-state index < -0.39 is 0 Å². The first-order valence-corrected chi connectivity index (χ1v) is 3.31. The number of aromatic amines is 1. The lowest BCUT2D eigenvalue weighted by molar-refractivity contribution is 0.0985. The lowest BCUT2D eigenvalue weighted by atomic mass is 10.4. The van der Waals surface area contributed by atoms with E-state index in [1.165, 1.54) is 0 Å². The van der Waals surface area contributed by atoms with Gasteiger partial charge in [-0.2, -0.15) is 5.10 Å². The van der Waals surface area contributed by atoms with Crippen LogP contribution >= 0.6 is 0 Å². The highest BCUT2D eigenvalue weighted by molar-refractivity contribution is 5.02. The molecule has 1 fully saturated rings. The summed E-state index contributed by atoms with van der Waals surface area (Å²) in [6.07, 6.45) is 1.75. The molecular weight excluding hydrogens is 130 g/mol. The maximum atomic E-state index is 5.31. The Morgan fingerprint density at radius 1 is 1.70 bits per heavy atom. The molecule has 0 radical (unpaired) electrons. The first-order chi connectivity index (χ1) is 4.97. The fourth-order valence-electron chi connectivity index (χ4n) is 1.04. The predicted octanol–water partition coefficient (Wildman–Crippen LogP) is 0.0281. The van der Waals surface area contributed by atoms with Gasteiger partial charge in [-0.05, 0) is 6.07 Å². The van der Waals surface area contributed by atoms with Gasteiger partial charge in [-0.1, -0.05) is 0 Å². The zero-order valence-corrected chi connectivity index (χ0v) is 5.50. The maximum Gasteiger partial charge on any atom is 0.150 e. The fourth-order valence-corrected chi connectivity index (χ4v) is 1.04. The lowest BCUT2D eigenvalue weighted by Crippen LogP contribution is -2.14. The number of nitrogens with one attached hydrogen (secondary N) is 2. The van der Waals surface area contributed by atoms with Crippen LogP contribution < -0.4 is 5.32 Å². The lowest BCUT2D eigenvalue weighted by Gasteiger charge is -2.04. The molecule has 2 heterocycles. The van der Waals surface area contributed by atoms with Crippen molar-refractivity contribution in [3.63, 3.8) is 0 Å². The summed E-state index contributed by atoms with van der Waals surface area (Å²) >= 11 is 0. The minimum Gasteiger partial charge on any atom is -0.356 e. The van der Waals surface area contributed by atoms with Crippen molar-refractivity contribution < 1.29 is 4.74 Å². The number of rotatable bonds is 1. The second kappa shape index (κ2) is 2.40. The van der Waals surface area contributed by atoms with E-state index in [1.54, 1.807) is 6.20 Å². The minimum atomic E-state index is 0.0301. The van der Waals surface area contributed by atoms with E-state index in [9.17, 15) is 0 Å². The van der Waals surface area contributed by atoms with Gasteiger partial charge in [0, 0.05) is 12.7 Å². The molecule has 2 N–H and O–H groups in total. The summed E-state index contributed by atoms with van der Waals surface area (Å²) in [6.45, 7) is 1.70. The Balaban J connectivity index is 2.12. The average molecular weight is 139 g/mol. The van der Waals surface area contributed by atoms with Crippen molar-refractivity contribution in [1.82, 2.24) is 15.5 Å². The third kappa shape index (κ3) is 0.913. The summed E-state index contributed by atoms with van der Waals surface area (Å²) in [7, 11) is 0. The number of hydrogen-bond donors (Lipinski definition) is 2. The van der Waals surface area contributed by atoms with Gasteiger partial charge in [-0.25, -0.2) is 0 Å². The number of H-pyrrole nitrogens is 1. The van der Waals surface area contributed by atoms with E-state index in [-0.39, 0.29) is 6.23 Å². The molecule has 10 heavy (non-hydrogen) atoms. The van der Waals surface area contributed by atoms with E-state index in [0.29, 0.717) is 0 Å². The molecule has 2 rings (SSSR count). The molecule has 4 heteroatoms. The highest BCUT2D eigenvalue weighted by Gasteiger charge is 2.16. The number of ether oxygens (including phenoxy) is 1. The fraction of sp³-hybridized carbons (Fsp3) is 0.500. The molecule has 4 nitrogen and oxygen atoms in total. The highest BCUT2D eigenvalue weighted by atomic mass is 16.5. The molecule has 1 atom stereocenters. The van der Waals surface area contributed by atoms with Crippen molar-refractivity contribution in [3.8, 4) is 0 Å². The molecular formula is C6H9N3O. The Morgan fingerprint density at radius 2 is 2.70 bits per heavy atom. The molecule has 1 aromatic rings. The van der Waals surface area contributed by atoms with Crippen LogP contribution in [0.25, 0.3) is 0 Å². The standard InChI is InChI=1S/C6H9N3O/c1-2-8-9-5(1)6-7-3-4-10-6/h1-2,6-7H,3-4H2,(H,8,9). The van der Waals surface area contributed by atoms with Crippen LogP contribution in [0.5, 0.6) is 0 Å². The normalized spacial score (nSPS) is 25.4. The Morgan fingerprint density at radius 3 is 3.30 bits per heavy atom. The zero-order valence-electron chi connectivity index (χ0n) is 5.50. The van der Waals surface area contributed by atoms with Crippen LogP contribution in [-0.4, -0.2) is 23.3 Å². The Hall–Kier alpha value is -0.870. The van der Waals surface area contributed by atoms with E-state index in [2.05, 4.69) is 15.5 Å². The molecule has 0 spiro atoms. The van der Waals surface area contributed by atoms with Crippen molar-refractivity contribution in [2.75, 3.05) is 13.2 Å². The van der Waals surface area contributed by atoms with Gasteiger partial charge >= 0.3 is 0 Å². The maximum absolute atomic E-state index is 5.31. The molecule has 0 saturated carbocycles. The topological polar surface area (TPSA) is 49.9 Å². The smallest absolute Gasteiger partial charge is 0.150 e. The summed E-state index contributed by atoms with van der Waals surface area (Å²) in [6, 6.07) is 1.91.